The van der Waals surface area contributed by atoms with Crippen LogP contribution in [-0.4, -0.2) is 35.9 Å². The summed E-state index contributed by atoms with van der Waals surface area (Å²) in [5, 5.41) is 0. The number of thiazole rings is 1. The van der Waals surface area contributed by atoms with E-state index in [4.69, 9.17) is 15.9 Å². The number of terminal acetylenes is 1. The predicted octanol–water partition coefficient (Wildman–Crippen LogP) is 4.13. The van der Waals surface area contributed by atoms with Gasteiger partial charge in [0.25, 0.3) is 0 Å². The number of aromatic nitrogens is 1. The van der Waals surface area contributed by atoms with Gasteiger partial charge in [-0.3, -0.25) is 4.79 Å². The van der Waals surface area contributed by atoms with E-state index in [0.29, 0.717) is 29.1 Å². The molecular weight excluding hydrogens is 432 g/mol. The van der Waals surface area contributed by atoms with E-state index in [1.807, 2.05) is 28.8 Å². The van der Waals surface area contributed by atoms with Gasteiger partial charge >= 0.3 is 5.97 Å². The number of hydrogen-bond acceptors (Lipinski definition) is 6. The first kappa shape index (κ1) is 22.7. The molecule has 0 spiro atoms. The van der Waals surface area contributed by atoms with Crippen LogP contribution in [0.3, 0.4) is 0 Å². The number of fused-ring (bicyclic) bond motifs is 1. The molecule has 0 saturated carbocycles. The lowest BCUT2D eigenvalue weighted by Crippen LogP contribution is -2.16. The summed E-state index contributed by atoms with van der Waals surface area (Å²) in [6.45, 7) is 2.35. The molecule has 0 aliphatic heterocycles. The van der Waals surface area contributed by atoms with Crippen LogP contribution in [0.4, 0.5) is 0 Å². The fourth-order valence-electron chi connectivity index (χ4n) is 2.83. The van der Waals surface area contributed by atoms with E-state index in [-0.39, 0.29) is 18.4 Å². The second kappa shape index (κ2) is 10.8. The Bertz CT molecular complexity index is 1190. The Kier molecular flexibility index (Phi) is 7.93. The quantitative estimate of drug-likeness (QED) is 0.291. The van der Waals surface area contributed by atoms with Crippen LogP contribution in [-0.2, 0) is 16.1 Å². The fourth-order valence-corrected chi connectivity index (χ4v) is 4.76. The first-order valence-electron chi connectivity index (χ1n) is 9.64. The molecule has 0 saturated heterocycles. The van der Waals surface area contributed by atoms with Gasteiger partial charge in [-0.1, -0.05) is 17.3 Å². The SMILES string of the molecule is C#CCn1c(=NC(=O)CCSc2ccc(OC)cc2)sc2cc(C(=O)OCC)ccc21. The summed E-state index contributed by atoms with van der Waals surface area (Å²) in [6.07, 6.45) is 5.81. The van der Waals surface area contributed by atoms with Crippen LogP contribution in [0.15, 0.2) is 52.4 Å². The molecule has 1 amide bonds. The van der Waals surface area contributed by atoms with Gasteiger partial charge in [-0.2, -0.15) is 4.99 Å². The van der Waals surface area contributed by atoms with E-state index in [1.54, 1.807) is 44.0 Å². The van der Waals surface area contributed by atoms with Crippen molar-refractivity contribution in [2.75, 3.05) is 19.5 Å². The van der Waals surface area contributed by atoms with Crippen molar-refractivity contribution < 1.29 is 19.1 Å². The third-order valence-corrected chi connectivity index (χ3v) is 6.36. The van der Waals surface area contributed by atoms with Crippen LogP contribution in [0.2, 0.25) is 0 Å². The number of hydrogen-bond donors (Lipinski definition) is 0. The number of nitrogens with zero attached hydrogens (tertiary/aromatic N) is 2. The Hall–Kier alpha value is -3.02. The third-order valence-electron chi connectivity index (χ3n) is 4.31. The van der Waals surface area contributed by atoms with Gasteiger partial charge < -0.3 is 14.0 Å². The number of ether oxygens (including phenoxy) is 2. The molecule has 0 aliphatic carbocycles. The molecule has 0 unspecified atom stereocenters. The van der Waals surface area contributed by atoms with Crippen LogP contribution in [0.25, 0.3) is 10.2 Å². The number of thioether (sulfide) groups is 1. The second-order valence-corrected chi connectivity index (χ2v) is 8.53. The van der Waals surface area contributed by atoms with Gasteiger partial charge in [0.15, 0.2) is 4.80 Å². The van der Waals surface area contributed by atoms with E-state index in [1.165, 1.54) is 11.3 Å². The molecule has 1 heterocycles. The Balaban J connectivity index is 1.77. The molecule has 8 heteroatoms. The zero-order valence-electron chi connectivity index (χ0n) is 17.3. The number of methoxy groups -OCH3 is 1. The van der Waals surface area contributed by atoms with Crippen molar-refractivity contribution in [1.82, 2.24) is 4.57 Å². The van der Waals surface area contributed by atoms with Crippen molar-refractivity contribution in [3.05, 3.63) is 52.8 Å². The van der Waals surface area contributed by atoms with E-state index >= 15 is 0 Å². The van der Waals surface area contributed by atoms with Gasteiger partial charge in [0.1, 0.15) is 5.75 Å². The summed E-state index contributed by atoms with van der Waals surface area (Å²) >= 11 is 2.91. The van der Waals surface area contributed by atoms with E-state index in [2.05, 4.69) is 10.9 Å². The zero-order chi connectivity index (χ0) is 22.2. The molecule has 0 aliphatic rings. The molecule has 6 nitrogen and oxygen atoms in total. The Morgan fingerprint density at radius 2 is 2.00 bits per heavy atom. The predicted molar refractivity (Wildman–Crippen MR) is 124 cm³/mol. The molecule has 1 aromatic heterocycles. The lowest BCUT2D eigenvalue weighted by molar-refractivity contribution is -0.117. The molecule has 3 rings (SSSR count). The van der Waals surface area contributed by atoms with Crippen molar-refractivity contribution >= 4 is 45.2 Å². The highest BCUT2D eigenvalue weighted by molar-refractivity contribution is 7.99. The van der Waals surface area contributed by atoms with Crippen molar-refractivity contribution in [1.29, 1.82) is 0 Å². The van der Waals surface area contributed by atoms with Crippen molar-refractivity contribution in [3.63, 3.8) is 0 Å². The standard InChI is InChI=1S/C23H22N2O4S2/c1-4-13-25-19-11-6-16(22(27)29-5-2)15-20(19)31-23(25)24-21(26)12-14-30-18-9-7-17(28-3)8-10-18/h1,6-11,15H,5,12-14H2,2-3H3. The third kappa shape index (κ3) is 5.78. The summed E-state index contributed by atoms with van der Waals surface area (Å²) in [6, 6.07) is 12.9. The van der Waals surface area contributed by atoms with Gasteiger partial charge in [-0.05, 0) is 49.4 Å². The maximum atomic E-state index is 12.5. The maximum Gasteiger partial charge on any atom is 0.338 e. The molecule has 0 radical (unpaired) electrons. The van der Waals surface area contributed by atoms with Crippen LogP contribution in [0.1, 0.15) is 23.7 Å². The first-order valence-corrected chi connectivity index (χ1v) is 11.4. The summed E-state index contributed by atoms with van der Waals surface area (Å²) in [7, 11) is 1.63. The number of benzene rings is 2. The van der Waals surface area contributed by atoms with Crippen LogP contribution >= 0.6 is 23.1 Å². The van der Waals surface area contributed by atoms with Gasteiger partial charge in [-0.25, -0.2) is 4.79 Å². The Labute approximate surface area is 188 Å². The number of esters is 1. The largest absolute Gasteiger partial charge is 0.497 e. The van der Waals surface area contributed by atoms with Crippen LogP contribution < -0.4 is 9.54 Å². The second-order valence-electron chi connectivity index (χ2n) is 6.36. The van der Waals surface area contributed by atoms with Crippen molar-refractivity contribution in [2.24, 2.45) is 4.99 Å². The molecule has 0 fully saturated rings. The van der Waals surface area contributed by atoms with E-state index in [0.717, 1.165) is 20.9 Å². The van der Waals surface area contributed by atoms with Gasteiger partial charge in [0.05, 0.1) is 36.0 Å². The van der Waals surface area contributed by atoms with Crippen molar-refractivity contribution in [2.45, 2.75) is 24.8 Å². The minimum atomic E-state index is -0.383. The molecule has 160 valence electrons. The fraction of sp³-hybridized carbons (Fsp3) is 0.261. The lowest BCUT2D eigenvalue weighted by Gasteiger charge is -2.03. The molecule has 3 aromatic rings. The summed E-state index contributed by atoms with van der Waals surface area (Å²) in [5.41, 5.74) is 1.28. The Morgan fingerprint density at radius 3 is 2.68 bits per heavy atom. The highest BCUT2D eigenvalue weighted by atomic mass is 32.2. The molecule has 0 N–H and O–H groups in total. The summed E-state index contributed by atoms with van der Waals surface area (Å²) < 4.78 is 12.8. The number of rotatable bonds is 8. The van der Waals surface area contributed by atoms with Crippen LogP contribution in [0.5, 0.6) is 5.75 Å². The van der Waals surface area contributed by atoms with E-state index < -0.39 is 0 Å². The topological polar surface area (TPSA) is 69.9 Å². The normalized spacial score (nSPS) is 11.3. The zero-order valence-corrected chi connectivity index (χ0v) is 18.9. The molecular formula is C23H22N2O4S2. The summed E-state index contributed by atoms with van der Waals surface area (Å²) in [5.74, 6) is 3.41. The maximum absolute atomic E-state index is 12.5. The molecule has 0 atom stereocenters. The molecule has 2 aromatic carbocycles. The number of amides is 1. The van der Waals surface area contributed by atoms with Crippen LogP contribution in [0, 0.1) is 12.3 Å². The monoisotopic (exact) mass is 454 g/mol. The van der Waals surface area contributed by atoms with Gasteiger partial charge in [0.2, 0.25) is 5.91 Å². The average Bonchev–Trinajstić information content (AvgIpc) is 3.10. The molecule has 31 heavy (non-hydrogen) atoms. The highest BCUT2D eigenvalue weighted by Crippen LogP contribution is 2.22. The summed E-state index contributed by atoms with van der Waals surface area (Å²) in [4.78, 5) is 30.3. The van der Waals surface area contributed by atoms with Crippen molar-refractivity contribution in [3.8, 4) is 18.1 Å². The lowest BCUT2D eigenvalue weighted by atomic mass is 10.2. The highest BCUT2D eigenvalue weighted by Gasteiger charge is 2.12. The van der Waals surface area contributed by atoms with Gasteiger partial charge in [0, 0.05) is 17.1 Å². The number of carbonyl (C=O) groups excluding carboxylic acids is 2. The Morgan fingerprint density at radius 1 is 1.23 bits per heavy atom. The molecule has 0 bridgehead atoms. The van der Waals surface area contributed by atoms with E-state index in [9.17, 15) is 9.59 Å². The van der Waals surface area contributed by atoms with Gasteiger partial charge in [-0.15, -0.1) is 18.2 Å². The average molecular weight is 455 g/mol. The minimum Gasteiger partial charge on any atom is -0.497 e. The first-order chi connectivity index (χ1) is 15.0. The minimum absolute atomic E-state index is 0.219. The smallest absolute Gasteiger partial charge is 0.338 e. The number of carbonyl (C=O) groups is 2.